The fraction of sp³-hybridized carbons (Fsp3) is 0.385. The van der Waals surface area contributed by atoms with Gasteiger partial charge in [-0.15, -0.1) is 0 Å². The van der Waals surface area contributed by atoms with E-state index in [0.29, 0.717) is 5.82 Å². The van der Waals surface area contributed by atoms with Crippen LogP contribution in [0.2, 0.25) is 0 Å². The van der Waals surface area contributed by atoms with Crippen LogP contribution < -0.4 is 0 Å². The number of imidazole rings is 1. The van der Waals surface area contributed by atoms with E-state index >= 15 is 0 Å². The number of hydrogen-bond acceptors (Lipinski definition) is 3. The van der Waals surface area contributed by atoms with Gasteiger partial charge in [0.15, 0.2) is 0 Å². The lowest BCUT2D eigenvalue weighted by atomic mass is 10.3. The molecular weight excluding hydrogens is 230 g/mol. The molecule has 0 fully saturated rings. The lowest BCUT2D eigenvalue weighted by Gasteiger charge is -2.16. The highest BCUT2D eigenvalue weighted by molar-refractivity contribution is 5.94. The van der Waals surface area contributed by atoms with Gasteiger partial charge in [0.1, 0.15) is 0 Å². The summed E-state index contributed by atoms with van der Waals surface area (Å²) >= 11 is 0. The van der Waals surface area contributed by atoms with Gasteiger partial charge in [-0.25, -0.2) is 10.0 Å². The molecule has 0 spiro atoms. The Hall–Kier alpha value is -1.88. The number of hydroxylamine groups is 2. The zero-order valence-electron chi connectivity index (χ0n) is 11.0. The average Bonchev–Trinajstić information content (AvgIpc) is 2.76. The maximum atomic E-state index is 12.2. The fourth-order valence-corrected chi connectivity index (χ4v) is 1.94. The minimum Gasteiger partial charge on any atom is -0.317 e. The van der Waals surface area contributed by atoms with Crippen molar-refractivity contribution in [2.45, 2.75) is 19.9 Å². The summed E-state index contributed by atoms with van der Waals surface area (Å²) in [6.07, 6.45) is 0. The third-order valence-electron chi connectivity index (χ3n) is 2.86. The molecule has 2 rings (SSSR count). The number of carbonyl (C=O) groups is 1. The van der Waals surface area contributed by atoms with Crippen molar-refractivity contribution < 1.29 is 9.63 Å². The highest BCUT2D eigenvalue weighted by Gasteiger charge is 2.22. The summed E-state index contributed by atoms with van der Waals surface area (Å²) in [4.78, 5) is 21.5. The topological polar surface area (TPSA) is 47.4 Å². The second-order valence-electron chi connectivity index (χ2n) is 4.37. The van der Waals surface area contributed by atoms with E-state index < -0.39 is 0 Å². The smallest absolute Gasteiger partial charge is 0.313 e. The molecule has 0 radical (unpaired) electrons. The maximum absolute atomic E-state index is 12.2. The zero-order valence-corrected chi connectivity index (χ0v) is 11.0. The van der Waals surface area contributed by atoms with Crippen LogP contribution in [0.15, 0.2) is 24.3 Å². The Bertz CT molecular complexity index is 575. The van der Waals surface area contributed by atoms with Crippen LogP contribution in [-0.2, 0) is 4.84 Å². The van der Waals surface area contributed by atoms with E-state index in [0.717, 1.165) is 11.0 Å². The summed E-state index contributed by atoms with van der Waals surface area (Å²) < 4.78 is 1.92. The number of carbonyl (C=O) groups excluding carboxylic acids is 1. The Labute approximate surface area is 106 Å². The molecule has 96 valence electrons. The first-order valence-electron chi connectivity index (χ1n) is 5.85. The van der Waals surface area contributed by atoms with Crippen LogP contribution in [-0.4, -0.2) is 34.7 Å². The molecule has 1 aromatic heterocycles. The van der Waals surface area contributed by atoms with E-state index in [1.807, 2.05) is 42.7 Å². The van der Waals surface area contributed by atoms with Crippen LogP contribution in [0.3, 0.4) is 0 Å². The third-order valence-corrected chi connectivity index (χ3v) is 2.86. The molecular formula is C13H17N3O2. The second kappa shape index (κ2) is 4.78. The summed E-state index contributed by atoms with van der Waals surface area (Å²) in [7, 11) is 3.03. The average molecular weight is 247 g/mol. The lowest BCUT2D eigenvalue weighted by molar-refractivity contribution is -0.0767. The molecule has 1 aromatic carbocycles. The van der Waals surface area contributed by atoms with Crippen molar-refractivity contribution in [1.29, 1.82) is 0 Å². The summed E-state index contributed by atoms with van der Waals surface area (Å²) in [6.45, 7) is 4.05. The summed E-state index contributed by atoms with van der Waals surface area (Å²) in [6, 6.07) is 7.87. The van der Waals surface area contributed by atoms with Crippen LogP contribution in [0.4, 0.5) is 0 Å². The highest BCUT2D eigenvalue weighted by atomic mass is 16.7. The van der Waals surface area contributed by atoms with E-state index in [1.165, 1.54) is 12.2 Å². The molecule has 1 amide bonds. The molecule has 1 heterocycles. The van der Waals surface area contributed by atoms with Gasteiger partial charge in [-0.1, -0.05) is 12.1 Å². The molecule has 0 saturated carbocycles. The minimum atomic E-state index is -0.248. The third kappa shape index (κ3) is 1.97. The standard InChI is InChI=1S/C13H17N3O2/c1-9(2)16-11-8-6-5-7-10(11)14-12(16)13(17)15(3)18-4/h5-9H,1-4H3. The largest absolute Gasteiger partial charge is 0.317 e. The van der Waals surface area contributed by atoms with Gasteiger partial charge < -0.3 is 4.57 Å². The van der Waals surface area contributed by atoms with Crippen molar-refractivity contribution >= 4 is 16.9 Å². The van der Waals surface area contributed by atoms with Crippen LogP contribution in [0.25, 0.3) is 11.0 Å². The first kappa shape index (κ1) is 12.6. The van der Waals surface area contributed by atoms with Crippen LogP contribution in [0.5, 0.6) is 0 Å². The molecule has 0 aliphatic heterocycles. The predicted molar refractivity (Wildman–Crippen MR) is 69.2 cm³/mol. The zero-order chi connectivity index (χ0) is 13.3. The Morgan fingerprint density at radius 2 is 2.06 bits per heavy atom. The number of amides is 1. The minimum absolute atomic E-state index is 0.154. The van der Waals surface area contributed by atoms with Gasteiger partial charge in [-0.3, -0.25) is 9.63 Å². The normalized spacial score (nSPS) is 11.2. The summed E-state index contributed by atoms with van der Waals surface area (Å²) in [5, 5.41) is 1.18. The number of fused-ring (bicyclic) bond motifs is 1. The van der Waals surface area contributed by atoms with Crippen molar-refractivity contribution in [3.05, 3.63) is 30.1 Å². The molecule has 0 unspecified atom stereocenters. The number of benzene rings is 1. The Kier molecular flexibility index (Phi) is 3.34. The van der Waals surface area contributed by atoms with Gasteiger partial charge >= 0.3 is 5.91 Å². The molecule has 5 heteroatoms. The first-order valence-corrected chi connectivity index (χ1v) is 5.85. The quantitative estimate of drug-likeness (QED) is 0.781. The number of rotatable bonds is 3. The van der Waals surface area contributed by atoms with Crippen molar-refractivity contribution in [2.24, 2.45) is 0 Å². The molecule has 2 aromatic rings. The fourth-order valence-electron chi connectivity index (χ4n) is 1.94. The Balaban J connectivity index is 2.63. The van der Waals surface area contributed by atoms with Crippen molar-refractivity contribution in [3.8, 4) is 0 Å². The van der Waals surface area contributed by atoms with Crippen LogP contribution in [0.1, 0.15) is 30.5 Å². The van der Waals surface area contributed by atoms with E-state index in [-0.39, 0.29) is 11.9 Å². The maximum Gasteiger partial charge on any atom is 0.313 e. The number of para-hydroxylation sites is 2. The Morgan fingerprint density at radius 3 is 2.67 bits per heavy atom. The van der Waals surface area contributed by atoms with Gasteiger partial charge in [0.2, 0.25) is 5.82 Å². The highest BCUT2D eigenvalue weighted by Crippen LogP contribution is 2.21. The van der Waals surface area contributed by atoms with Gasteiger partial charge in [-0.2, -0.15) is 0 Å². The van der Waals surface area contributed by atoms with Gasteiger partial charge in [-0.05, 0) is 26.0 Å². The number of aromatic nitrogens is 2. The molecule has 0 N–H and O–H groups in total. The molecule has 0 aliphatic rings. The van der Waals surface area contributed by atoms with E-state index in [2.05, 4.69) is 4.98 Å². The van der Waals surface area contributed by atoms with Gasteiger partial charge in [0, 0.05) is 13.1 Å². The summed E-state index contributed by atoms with van der Waals surface area (Å²) in [5.74, 6) is 0.151. The lowest BCUT2D eigenvalue weighted by Crippen LogP contribution is -2.28. The SMILES string of the molecule is CON(C)C(=O)c1nc2ccccc2n1C(C)C. The molecule has 0 saturated heterocycles. The molecule has 5 nitrogen and oxygen atoms in total. The van der Waals surface area contributed by atoms with Crippen molar-refractivity contribution in [3.63, 3.8) is 0 Å². The van der Waals surface area contributed by atoms with Crippen molar-refractivity contribution in [1.82, 2.24) is 14.6 Å². The molecule has 18 heavy (non-hydrogen) atoms. The second-order valence-corrected chi connectivity index (χ2v) is 4.37. The van der Waals surface area contributed by atoms with Gasteiger partial charge in [0.05, 0.1) is 18.1 Å². The Morgan fingerprint density at radius 1 is 1.39 bits per heavy atom. The predicted octanol–water partition coefficient (Wildman–Crippen LogP) is 2.25. The molecule has 0 aliphatic carbocycles. The van der Waals surface area contributed by atoms with Crippen LogP contribution >= 0.6 is 0 Å². The summed E-state index contributed by atoms with van der Waals surface area (Å²) in [5.41, 5.74) is 1.78. The van der Waals surface area contributed by atoms with Crippen molar-refractivity contribution in [2.75, 3.05) is 14.2 Å². The van der Waals surface area contributed by atoms with Gasteiger partial charge in [0.25, 0.3) is 0 Å². The van der Waals surface area contributed by atoms with E-state index in [4.69, 9.17) is 4.84 Å². The first-order chi connectivity index (χ1) is 8.56. The number of nitrogens with zero attached hydrogens (tertiary/aromatic N) is 3. The van der Waals surface area contributed by atoms with Crippen LogP contribution in [0, 0.1) is 0 Å². The molecule has 0 bridgehead atoms. The van der Waals surface area contributed by atoms with E-state index in [1.54, 1.807) is 7.05 Å². The monoisotopic (exact) mass is 247 g/mol. The molecule has 0 atom stereocenters. The van der Waals surface area contributed by atoms with E-state index in [9.17, 15) is 4.79 Å². The number of hydrogen-bond donors (Lipinski definition) is 0.